The maximum Gasteiger partial charge on any atom is 0.168 e. The van der Waals surface area contributed by atoms with Gasteiger partial charge in [-0.05, 0) is 31.1 Å². The average Bonchev–Trinajstić information content (AvgIpc) is 3.25. The summed E-state index contributed by atoms with van der Waals surface area (Å²) in [7, 11) is 0. The lowest BCUT2D eigenvalue weighted by atomic mass is 9.91. The molecule has 0 aromatic rings. The number of aliphatic imine (C=N–C) groups is 2. The Morgan fingerprint density at radius 3 is 2.64 bits per heavy atom. The second-order valence-electron chi connectivity index (χ2n) is 7.25. The molecule has 3 aliphatic heterocycles. The van der Waals surface area contributed by atoms with E-state index in [2.05, 4.69) is 15.6 Å². The molecule has 0 aromatic carbocycles. The van der Waals surface area contributed by atoms with Crippen molar-refractivity contribution < 1.29 is 0 Å². The molecule has 2 fully saturated rings. The molecule has 0 radical (unpaired) electrons. The molecule has 4 nitrogen and oxygen atoms in total. The van der Waals surface area contributed by atoms with Crippen molar-refractivity contribution in [2.75, 3.05) is 5.75 Å². The maximum absolute atomic E-state index is 4.96. The number of rotatable bonds is 2. The van der Waals surface area contributed by atoms with Crippen molar-refractivity contribution in [1.29, 1.82) is 0 Å². The Hall–Kier alpha value is -0.0400. The van der Waals surface area contributed by atoms with Gasteiger partial charge in [0.05, 0.1) is 24.2 Å². The van der Waals surface area contributed by atoms with Crippen molar-refractivity contribution in [3.05, 3.63) is 11.1 Å². The van der Waals surface area contributed by atoms with Crippen LogP contribution in [0.4, 0.5) is 0 Å². The first-order chi connectivity index (χ1) is 11.4. The number of fused-ring (bicyclic) bond motifs is 4. The summed E-state index contributed by atoms with van der Waals surface area (Å²) < 4.78 is 0. The second-order valence-corrected chi connectivity index (χ2v) is 9.05. The Morgan fingerprint density at radius 1 is 1.04 bits per heavy atom. The highest BCUT2D eigenvalue weighted by molar-refractivity contribution is 8.17. The minimum atomic E-state index is 0. The van der Waals surface area contributed by atoms with Gasteiger partial charge in [-0.3, -0.25) is 9.98 Å². The summed E-state index contributed by atoms with van der Waals surface area (Å²) in [6.45, 7) is 0. The summed E-state index contributed by atoms with van der Waals surface area (Å²) in [5.74, 6) is 1.03. The van der Waals surface area contributed by atoms with E-state index in [1.165, 1.54) is 67.4 Å². The van der Waals surface area contributed by atoms with Crippen LogP contribution < -0.4 is 5.32 Å². The largest absolute Gasteiger partial charge is 0.360 e. The van der Waals surface area contributed by atoms with Gasteiger partial charge in [0.25, 0.3) is 0 Å². The van der Waals surface area contributed by atoms with E-state index >= 15 is 0 Å². The molecule has 5 rings (SSSR count). The van der Waals surface area contributed by atoms with E-state index in [-0.39, 0.29) is 24.8 Å². The van der Waals surface area contributed by atoms with Gasteiger partial charge in [-0.15, -0.1) is 24.8 Å². The Balaban J connectivity index is 0.000000911. The lowest BCUT2D eigenvalue weighted by molar-refractivity contribution is 0.285. The number of hydrogen-bond donors (Lipinski definition) is 1. The van der Waals surface area contributed by atoms with Crippen LogP contribution in [0.25, 0.3) is 0 Å². The molecule has 8 heteroatoms. The third kappa shape index (κ3) is 3.69. The van der Waals surface area contributed by atoms with Crippen molar-refractivity contribution in [3.63, 3.8) is 0 Å². The zero-order valence-electron chi connectivity index (χ0n) is 14.2. The lowest BCUT2D eigenvalue weighted by Gasteiger charge is -2.31. The average molecular weight is 421 g/mol. The van der Waals surface area contributed by atoms with E-state index in [9.17, 15) is 0 Å². The van der Waals surface area contributed by atoms with E-state index in [1.54, 1.807) is 0 Å². The molecule has 0 amide bonds. The number of nitrogens with zero attached hydrogens (tertiary/aromatic N) is 3. The van der Waals surface area contributed by atoms with Crippen LogP contribution in [0.15, 0.2) is 21.1 Å². The summed E-state index contributed by atoms with van der Waals surface area (Å²) >= 11 is 3.73. The molecule has 25 heavy (non-hydrogen) atoms. The minimum absolute atomic E-state index is 0. The van der Waals surface area contributed by atoms with Gasteiger partial charge in [-0.25, -0.2) is 0 Å². The smallest absolute Gasteiger partial charge is 0.168 e. The summed E-state index contributed by atoms with van der Waals surface area (Å²) in [5.41, 5.74) is 1.45. The highest BCUT2D eigenvalue weighted by atomic mass is 35.5. The maximum atomic E-state index is 4.96. The number of halogens is 2. The van der Waals surface area contributed by atoms with E-state index in [1.807, 2.05) is 23.5 Å². The van der Waals surface area contributed by atoms with E-state index in [0.717, 1.165) is 5.75 Å². The first kappa shape index (κ1) is 19.7. The number of hydrogen-bond acceptors (Lipinski definition) is 6. The first-order valence-corrected chi connectivity index (χ1v) is 10.9. The molecular formula is C17H26Cl2N4S2. The molecule has 0 aromatic heterocycles. The molecule has 2 saturated carbocycles. The normalized spacial score (nSPS) is 35.2. The van der Waals surface area contributed by atoms with Crippen molar-refractivity contribution >= 4 is 58.7 Å². The van der Waals surface area contributed by atoms with Crippen LogP contribution in [0.5, 0.6) is 0 Å². The predicted molar refractivity (Wildman–Crippen MR) is 115 cm³/mol. The molecule has 0 bridgehead atoms. The third-order valence-electron chi connectivity index (χ3n) is 5.80. The van der Waals surface area contributed by atoms with Crippen molar-refractivity contribution in [2.24, 2.45) is 9.98 Å². The van der Waals surface area contributed by atoms with Crippen LogP contribution in [0.2, 0.25) is 0 Å². The molecular weight excluding hydrogens is 395 g/mol. The minimum Gasteiger partial charge on any atom is -0.360 e. The van der Waals surface area contributed by atoms with E-state index in [4.69, 9.17) is 9.98 Å². The van der Waals surface area contributed by atoms with Crippen molar-refractivity contribution in [3.8, 4) is 0 Å². The Kier molecular flexibility index (Phi) is 6.56. The first-order valence-electron chi connectivity index (χ1n) is 9.08. The molecule has 4 atom stereocenters. The summed E-state index contributed by atoms with van der Waals surface area (Å²) in [6, 6.07) is 2.36. The van der Waals surface area contributed by atoms with Gasteiger partial charge in [0.2, 0.25) is 0 Å². The van der Waals surface area contributed by atoms with Crippen LogP contribution in [-0.4, -0.2) is 45.2 Å². The lowest BCUT2D eigenvalue weighted by Crippen LogP contribution is -2.39. The molecule has 5 aliphatic rings. The molecule has 140 valence electrons. The highest BCUT2D eigenvalue weighted by Crippen LogP contribution is 2.41. The van der Waals surface area contributed by atoms with Crippen LogP contribution in [-0.2, 0) is 0 Å². The zero-order valence-corrected chi connectivity index (χ0v) is 17.5. The van der Waals surface area contributed by atoms with Crippen molar-refractivity contribution in [1.82, 2.24) is 10.2 Å². The molecule has 0 saturated heterocycles. The summed E-state index contributed by atoms with van der Waals surface area (Å²) in [4.78, 5) is 12.4. The second kappa shape index (κ2) is 8.32. The Labute approximate surface area is 171 Å². The SMILES string of the molecule is C1=C(CSC2=N[C@H]3CCCC[C@@H]3N2)N2C(=N[C@@H]3CCCC[C@H]32)S1.Cl.Cl. The predicted octanol–water partition coefficient (Wildman–Crippen LogP) is 4.40. The standard InChI is InChI=1S/C17H24N4S2.2ClH/c1-2-6-13-12(5-1)18-16(19-13)22-9-11-10-23-17-20-14-7-3-4-8-15(14)21(11)17;;/h10,12-15H,1-9H2,(H,18,19);2*1H/t12-,13-,14+,15+;;/m0../s1. The van der Waals surface area contributed by atoms with Gasteiger partial charge >= 0.3 is 0 Å². The monoisotopic (exact) mass is 420 g/mol. The van der Waals surface area contributed by atoms with Gasteiger partial charge in [0.1, 0.15) is 0 Å². The number of nitrogens with one attached hydrogen (secondary N) is 1. The Bertz CT molecular complexity index is 595. The van der Waals surface area contributed by atoms with Gasteiger partial charge in [0, 0.05) is 11.4 Å². The van der Waals surface area contributed by atoms with Crippen LogP contribution >= 0.6 is 48.3 Å². The molecule has 2 aliphatic carbocycles. The molecule has 1 N–H and O–H groups in total. The fourth-order valence-corrected chi connectivity index (χ4v) is 6.65. The van der Waals surface area contributed by atoms with Gasteiger partial charge in [-0.1, -0.05) is 49.2 Å². The van der Waals surface area contributed by atoms with E-state index in [0.29, 0.717) is 24.2 Å². The van der Waals surface area contributed by atoms with Gasteiger partial charge < -0.3 is 10.2 Å². The van der Waals surface area contributed by atoms with Crippen LogP contribution in [0.1, 0.15) is 51.4 Å². The molecule has 0 unspecified atom stereocenters. The number of amidine groups is 2. The Morgan fingerprint density at radius 2 is 1.80 bits per heavy atom. The van der Waals surface area contributed by atoms with Gasteiger partial charge in [-0.2, -0.15) is 0 Å². The molecule has 0 spiro atoms. The summed E-state index contributed by atoms with van der Waals surface area (Å²) in [5, 5.41) is 8.42. The van der Waals surface area contributed by atoms with E-state index < -0.39 is 0 Å². The van der Waals surface area contributed by atoms with Crippen LogP contribution in [0.3, 0.4) is 0 Å². The zero-order chi connectivity index (χ0) is 15.2. The third-order valence-corrected chi connectivity index (χ3v) is 7.64. The quantitative estimate of drug-likeness (QED) is 0.717. The topological polar surface area (TPSA) is 40.0 Å². The van der Waals surface area contributed by atoms with Gasteiger partial charge in [0.15, 0.2) is 10.3 Å². The highest BCUT2D eigenvalue weighted by Gasteiger charge is 2.41. The summed E-state index contributed by atoms with van der Waals surface area (Å²) in [6.07, 6.45) is 10.6. The number of thioether (sulfide) groups is 2. The van der Waals surface area contributed by atoms with Crippen LogP contribution in [0, 0.1) is 0 Å². The molecule has 3 heterocycles. The van der Waals surface area contributed by atoms with Crippen molar-refractivity contribution in [2.45, 2.75) is 75.5 Å². The fourth-order valence-electron chi connectivity index (χ4n) is 4.60. The fraction of sp³-hybridized carbons (Fsp3) is 0.765.